The van der Waals surface area contributed by atoms with E-state index in [1.54, 1.807) is 7.11 Å². The molecule has 0 aromatic heterocycles. The number of methoxy groups -OCH3 is 1. The molecule has 0 atom stereocenters. The minimum Gasteiger partial charge on any atom is -0.495 e. The highest BCUT2D eigenvalue weighted by atomic mass is 16.5. The summed E-state index contributed by atoms with van der Waals surface area (Å²) in [4.78, 5) is 15.5. The van der Waals surface area contributed by atoms with Crippen LogP contribution in [0.2, 0.25) is 0 Å². The lowest BCUT2D eigenvalue weighted by atomic mass is 10.2. The van der Waals surface area contributed by atoms with Crippen LogP contribution in [-0.4, -0.2) is 50.6 Å². The SMILES string of the molecule is COc1ccccc1N1CCN(CCCCC(N)=O)CC1. The fraction of sp³-hybridized carbons (Fsp3) is 0.562. The first-order valence-corrected chi connectivity index (χ1v) is 7.59. The van der Waals surface area contributed by atoms with Crippen LogP contribution in [0.4, 0.5) is 5.69 Å². The number of unbranched alkanes of at least 4 members (excludes halogenated alkanes) is 1. The number of amides is 1. The molecule has 0 radical (unpaired) electrons. The molecule has 21 heavy (non-hydrogen) atoms. The Kier molecular flexibility index (Phi) is 5.87. The molecule has 1 aliphatic rings. The van der Waals surface area contributed by atoms with Crippen LogP contribution in [0.3, 0.4) is 0 Å². The van der Waals surface area contributed by atoms with Gasteiger partial charge in [0.05, 0.1) is 12.8 Å². The van der Waals surface area contributed by atoms with Crippen molar-refractivity contribution in [3.8, 4) is 5.75 Å². The molecule has 1 heterocycles. The van der Waals surface area contributed by atoms with E-state index in [0.717, 1.165) is 51.3 Å². The second-order valence-electron chi connectivity index (χ2n) is 5.42. The molecular weight excluding hydrogens is 266 g/mol. The number of hydrogen-bond donors (Lipinski definition) is 1. The van der Waals surface area contributed by atoms with Gasteiger partial charge >= 0.3 is 0 Å². The smallest absolute Gasteiger partial charge is 0.217 e. The van der Waals surface area contributed by atoms with Gasteiger partial charge in [0.15, 0.2) is 0 Å². The molecule has 116 valence electrons. The predicted molar refractivity (Wildman–Crippen MR) is 84.7 cm³/mol. The van der Waals surface area contributed by atoms with Gasteiger partial charge in [-0.3, -0.25) is 9.69 Å². The molecule has 1 fully saturated rings. The van der Waals surface area contributed by atoms with Gasteiger partial charge in [-0.15, -0.1) is 0 Å². The number of benzene rings is 1. The number of carbonyl (C=O) groups excluding carboxylic acids is 1. The molecule has 0 spiro atoms. The van der Waals surface area contributed by atoms with Gasteiger partial charge in [0.2, 0.25) is 5.91 Å². The summed E-state index contributed by atoms with van der Waals surface area (Å²) in [7, 11) is 1.72. The molecule has 1 aliphatic heterocycles. The molecule has 2 N–H and O–H groups in total. The second-order valence-corrected chi connectivity index (χ2v) is 5.42. The molecule has 2 rings (SSSR count). The lowest BCUT2D eigenvalue weighted by molar-refractivity contribution is -0.118. The molecule has 1 amide bonds. The molecule has 0 bridgehead atoms. The zero-order valence-electron chi connectivity index (χ0n) is 12.8. The summed E-state index contributed by atoms with van der Waals surface area (Å²) in [6, 6.07) is 8.16. The van der Waals surface area contributed by atoms with Crippen molar-refractivity contribution in [3.05, 3.63) is 24.3 Å². The Hall–Kier alpha value is -1.75. The average molecular weight is 291 g/mol. The minimum atomic E-state index is -0.198. The molecule has 0 saturated carbocycles. The van der Waals surface area contributed by atoms with E-state index >= 15 is 0 Å². The van der Waals surface area contributed by atoms with Crippen LogP contribution in [0.15, 0.2) is 24.3 Å². The van der Waals surface area contributed by atoms with Crippen LogP contribution in [0.1, 0.15) is 19.3 Å². The number of primary amides is 1. The maximum absolute atomic E-state index is 10.7. The fourth-order valence-electron chi connectivity index (χ4n) is 2.74. The first kappa shape index (κ1) is 15.6. The largest absolute Gasteiger partial charge is 0.495 e. The third kappa shape index (κ3) is 4.63. The molecule has 0 aliphatic carbocycles. The number of piperazine rings is 1. The highest BCUT2D eigenvalue weighted by molar-refractivity contribution is 5.73. The van der Waals surface area contributed by atoms with Crippen molar-refractivity contribution in [1.29, 1.82) is 0 Å². The van der Waals surface area contributed by atoms with Gasteiger partial charge in [-0.05, 0) is 31.5 Å². The Morgan fingerprint density at radius 3 is 2.57 bits per heavy atom. The molecule has 1 saturated heterocycles. The van der Waals surface area contributed by atoms with Crippen LogP contribution in [0, 0.1) is 0 Å². The zero-order chi connectivity index (χ0) is 15.1. The Morgan fingerprint density at radius 1 is 1.19 bits per heavy atom. The van der Waals surface area contributed by atoms with Crippen LogP contribution in [0.5, 0.6) is 5.75 Å². The van der Waals surface area contributed by atoms with E-state index in [9.17, 15) is 4.79 Å². The topological polar surface area (TPSA) is 58.8 Å². The number of para-hydroxylation sites is 2. The second kappa shape index (κ2) is 7.88. The third-order valence-corrected chi connectivity index (χ3v) is 3.95. The summed E-state index contributed by atoms with van der Waals surface area (Å²) >= 11 is 0. The number of hydrogen-bond acceptors (Lipinski definition) is 4. The molecule has 5 nitrogen and oxygen atoms in total. The summed E-state index contributed by atoms with van der Waals surface area (Å²) in [5.74, 6) is 0.739. The minimum absolute atomic E-state index is 0.198. The van der Waals surface area contributed by atoms with Crippen molar-refractivity contribution < 1.29 is 9.53 Å². The van der Waals surface area contributed by atoms with Crippen molar-refractivity contribution in [3.63, 3.8) is 0 Å². The Bertz CT molecular complexity index is 457. The number of rotatable bonds is 7. The zero-order valence-corrected chi connectivity index (χ0v) is 12.8. The molecule has 5 heteroatoms. The van der Waals surface area contributed by atoms with Gasteiger partial charge in [0.25, 0.3) is 0 Å². The summed E-state index contributed by atoms with van der Waals surface area (Å²) in [6.07, 6.45) is 2.43. The number of carbonyl (C=O) groups is 1. The molecule has 1 aromatic rings. The Labute approximate surface area is 126 Å². The summed E-state index contributed by atoms with van der Waals surface area (Å²) in [6.45, 7) is 5.17. The van der Waals surface area contributed by atoms with E-state index in [-0.39, 0.29) is 5.91 Å². The van der Waals surface area contributed by atoms with E-state index in [1.165, 1.54) is 5.69 Å². The van der Waals surface area contributed by atoms with Gasteiger partial charge < -0.3 is 15.4 Å². The van der Waals surface area contributed by atoms with Crippen LogP contribution in [0.25, 0.3) is 0 Å². The normalized spacial score (nSPS) is 16.0. The number of anilines is 1. The monoisotopic (exact) mass is 291 g/mol. The molecule has 1 aromatic carbocycles. The van der Waals surface area contributed by atoms with Crippen molar-refractivity contribution >= 4 is 11.6 Å². The van der Waals surface area contributed by atoms with E-state index in [0.29, 0.717) is 6.42 Å². The number of ether oxygens (including phenoxy) is 1. The van der Waals surface area contributed by atoms with E-state index in [2.05, 4.69) is 15.9 Å². The van der Waals surface area contributed by atoms with Crippen molar-refractivity contribution in [2.45, 2.75) is 19.3 Å². The Balaban J connectivity index is 1.76. The highest BCUT2D eigenvalue weighted by Gasteiger charge is 2.18. The third-order valence-electron chi connectivity index (χ3n) is 3.95. The van der Waals surface area contributed by atoms with Gasteiger partial charge in [-0.25, -0.2) is 0 Å². The van der Waals surface area contributed by atoms with E-state index in [1.807, 2.05) is 18.2 Å². The van der Waals surface area contributed by atoms with Crippen LogP contribution in [-0.2, 0) is 4.79 Å². The highest BCUT2D eigenvalue weighted by Crippen LogP contribution is 2.28. The van der Waals surface area contributed by atoms with Crippen molar-refractivity contribution in [2.24, 2.45) is 5.73 Å². The summed E-state index contributed by atoms with van der Waals surface area (Å²) < 4.78 is 5.43. The summed E-state index contributed by atoms with van der Waals surface area (Å²) in [5, 5.41) is 0. The quantitative estimate of drug-likeness (QED) is 0.773. The lowest BCUT2D eigenvalue weighted by Gasteiger charge is -2.36. The average Bonchev–Trinajstić information content (AvgIpc) is 2.52. The van der Waals surface area contributed by atoms with Gasteiger partial charge in [-0.1, -0.05) is 12.1 Å². The number of nitrogens with zero attached hydrogens (tertiary/aromatic N) is 2. The molecule has 0 unspecified atom stereocenters. The number of nitrogens with two attached hydrogens (primary N) is 1. The molecular formula is C16H25N3O2. The van der Waals surface area contributed by atoms with Gasteiger partial charge in [0.1, 0.15) is 5.75 Å². The van der Waals surface area contributed by atoms with Crippen LogP contribution < -0.4 is 15.4 Å². The first-order valence-electron chi connectivity index (χ1n) is 7.59. The van der Waals surface area contributed by atoms with E-state index < -0.39 is 0 Å². The van der Waals surface area contributed by atoms with Crippen molar-refractivity contribution in [1.82, 2.24) is 4.90 Å². The lowest BCUT2D eigenvalue weighted by Crippen LogP contribution is -2.46. The first-order chi connectivity index (χ1) is 10.2. The fourth-order valence-corrected chi connectivity index (χ4v) is 2.74. The standard InChI is InChI=1S/C16H25N3O2/c1-21-15-7-3-2-6-14(15)19-12-10-18(11-13-19)9-5-4-8-16(17)20/h2-3,6-7H,4-5,8-13H2,1H3,(H2,17,20). The van der Waals surface area contributed by atoms with E-state index in [4.69, 9.17) is 10.5 Å². The van der Waals surface area contributed by atoms with Crippen LogP contribution >= 0.6 is 0 Å². The van der Waals surface area contributed by atoms with Gasteiger partial charge in [-0.2, -0.15) is 0 Å². The Morgan fingerprint density at radius 2 is 1.90 bits per heavy atom. The maximum Gasteiger partial charge on any atom is 0.217 e. The predicted octanol–water partition coefficient (Wildman–Crippen LogP) is 1.47. The van der Waals surface area contributed by atoms with Crippen molar-refractivity contribution in [2.75, 3.05) is 44.7 Å². The summed E-state index contributed by atoms with van der Waals surface area (Å²) in [5.41, 5.74) is 6.32. The van der Waals surface area contributed by atoms with Gasteiger partial charge in [0, 0.05) is 32.6 Å². The maximum atomic E-state index is 10.7.